The Balaban J connectivity index is 1.71. The molecule has 0 aromatic carbocycles. The summed E-state index contributed by atoms with van der Waals surface area (Å²) in [5, 5.41) is 5.95. The van der Waals surface area contributed by atoms with Gasteiger partial charge < -0.3 is 10.2 Å². The number of aromatic nitrogens is 2. The number of amides is 2. The number of rotatable bonds is 5. The average Bonchev–Trinajstić information content (AvgIpc) is 3.18. The lowest BCUT2D eigenvalue weighted by atomic mass is 9.94. The summed E-state index contributed by atoms with van der Waals surface area (Å²) in [7, 11) is 1.74. The highest BCUT2D eigenvalue weighted by Crippen LogP contribution is 2.36. The number of carbonyl (C=O) groups is 2. The van der Waals surface area contributed by atoms with Crippen LogP contribution in [0, 0.1) is 5.92 Å². The minimum Gasteiger partial charge on any atom is -0.350 e. The molecule has 1 aliphatic heterocycles. The molecule has 2 amide bonds. The smallest absolute Gasteiger partial charge is 0.226 e. The molecule has 1 fully saturated rings. The third-order valence-corrected chi connectivity index (χ3v) is 5.34. The number of aryl methyl sites for hydroxylation is 1. The van der Waals surface area contributed by atoms with E-state index in [-0.39, 0.29) is 24.3 Å². The summed E-state index contributed by atoms with van der Waals surface area (Å²) < 4.78 is 0. The number of hydrogen-bond acceptors (Lipinski definition) is 5. The van der Waals surface area contributed by atoms with Crippen LogP contribution in [0.3, 0.4) is 0 Å². The molecule has 0 spiro atoms. The number of nitrogens with one attached hydrogen (secondary N) is 1. The Kier molecular flexibility index (Phi) is 4.89. The van der Waals surface area contributed by atoms with Gasteiger partial charge in [0.05, 0.1) is 29.2 Å². The zero-order chi connectivity index (χ0) is 17.1. The van der Waals surface area contributed by atoms with Gasteiger partial charge in [-0.05, 0) is 18.1 Å². The molecule has 0 unspecified atom stereocenters. The molecule has 2 aromatic heterocycles. The largest absolute Gasteiger partial charge is 0.350 e. The van der Waals surface area contributed by atoms with Crippen molar-refractivity contribution < 1.29 is 9.59 Å². The van der Waals surface area contributed by atoms with E-state index in [2.05, 4.69) is 22.2 Å². The molecule has 2 atom stereocenters. The number of hydrogen-bond donors (Lipinski definition) is 1. The molecule has 6 nitrogen and oxygen atoms in total. The van der Waals surface area contributed by atoms with Crippen LogP contribution in [0.15, 0.2) is 29.9 Å². The van der Waals surface area contributed by atoms with Crippen molar-refractivity contribution in [3.05, 3.63) is 46.2 Å². The zero-order valence-corrected chi connectivity index (χ0v) is 14.5. The van der Waals surface area contributed by atoms with Gasteiger partial charge in [0, 0.05) is 31.2 Å². The van der Waals surface area contributed by atoms with Crippen molar-refractivity contribution in [1.82, 2.24) is 20.2 Å². The van der Waals surface area contributed by atoms with E-state index in [0.29, 0.717) is 6.54 Å². The second kappa shape index (κ2) is 7.09. The molecule has 126 valence electrons. The van der Waals surface area contributed by atoms with Gasteiger partial charge in [0.1, 0.15) is 0 Å². The van der Waals surface area contributed by atoms with Crippen LogP contribution in [0.1, 0.15) is 35.7 Å². The molecule has 0 saturated carbocycles. The highest BCUT2D eigenvalue weighted by atomic mass is 32.1. The maximum atomic E-state index is 12.6. The second-order valence-corrected chi connectivity index (χ2v) is 6.79. The molecule has 1 N–H and O–H groups in total. The maximum absolute atomic E-state index is 12.6. The summed E-state index contributed by atoms with van der Waals surface area (Å²) in [6.07, 6.45) is 4.51. The van der Waals surface area contributed by atoms with E-state index in [9.17, 15) is 9.59 Å². The van der Waals surface area contributed by atoms with E-state index in [1.165, 1.54) is 0 Å². The fourth-order valence-electron chi connectivity index (χ4n) is 3.01. The van der Waals surface area contributed by atoms with E-state index < -0.39 is 5.92 Å². The van der Waals surface area contributed by atoms with Gasteiger partial charge in [-0.15, -0.1) is 11.3 Å². The van der Waals surface area contributed by atoms with E-state index in [1.807, 2.05) is 17.5 Å². The number of likely N-dealkylation sites (tertiary alicyclic amines) is 1. The van der Waals surface area contributed by atoms with E-state index in [0.717, 1.165) is 22.7 Å². The molecule has 3 heterocycles. The van der Waals surface area contributed by atoms with Crippen molar-refractivity contribution in [2.75, 3.05) is 7.05 Å². The zero-order valence-electron chi connectivity index (χ0n) is 13.7. The molecule has 24 heavy (non-hydrogen) atoms. The van der Waals surface area contributed by atoms with Crippen molar-refractivity contribution in [2.24, 2.45) is 5.92 Å². The first-order chi connectivity index (χ1) is 11.6. The number of carbonyl (C=O) groups excluding carboxylic acids is 2. The minimum atomic E-state index is -0.406. The molecule has 0 bridgehead atoms. The molecule has 1 aliphatic rings. The van der Waals surface area contributed by atoms with Crippen molar-refractivity contribution in [2.45, 2.75) is 32.4 Å². The number of pyridine rings is 1. The fourth-order valence-corrected chi connectivity index (χ4v) is 3.76. The summed E-state index contributed by atoms with van der Waals surface area (Å²) in [6.45, 7) is 2.45. The molecule has 3 rings (SSSR count). The van der Waals surface area contributed by atoms with Gasteiger partial charge in [-0.2, -0.15) is 0 Å². The van der Waals surface area contributed by atoms with Gasteiger partial charge in [0.2, 0.25) is 11.8 Å². The highest BCUT2D eigenvalue weighted by Gasteiger charge is 2.42. The fraction of sp³-hybridized carbons (Fsp3) is 0.412. The first kappa shape index (κ1) is 16.6. The van der Waals surface area contributed by atoms with Crippen molar-refractivity contribution in [1.29, 1.82) is 0 Å². The predicted octanol–water partition coefficient (Wildman–Crippen LogP) is 1.94. The molecule has 0 radical (unpaired) electrons. The lowest BCUT2D eigenvalue weighted by Gasteiger charge is -2.24. The maximum Gasteiger partial charge on any atom is 0.226 e. The molecule has 1 saturated heterocycles. The normalized spacial score (nSPS) is 20.4. The standard InChI is InChI=1S/C17H20N4O2S/c1-3-14-20-12(10-24-14)9-19-17(23)13-7-15(22)21(2)16(13)11-5-4-6-18-8-11/h4-6,8,10,13,16H,3,7,9H2,1-2H3,(H,19,23)/t13-,16-/m1/s1. The minimum absolute atomic E-state index is 0.0223. The van der Waals surface area contributed by atoms with Crippen LogP contribution in [0.2, 0.25) is 0 Å². The Labute approximate surface area is 144 Å². The number of nitrogens with zero attached hydrogens (tertiary/aromatic N) is 3. The monoisotopic (exact) mass is 344 g/mol. The lowest BCUT2D eigenvalue weighted by Crippen LogP contribution is -2.34. The summed E-state index contributed by atoms with van der Waals surface area (Å²) >= 11 is 1.60. The first-order valence-electron chi connectivity index (χ1n) is 7.96. The molecular weight excluding hydrogens is 324 g/mol. The Morgan fingerprint density at radius 2 is 2.33 bits per heavy atom. The number of thiazole rings is 1. The SMILES string of the molecule is CCc1nc(CNC(=O)[C@@H]2CC(=O)N(C)[C@@H]2c2cccnc2)cs1. The molecule has 7 heteroatoms. The first-order valence-corrected chi connectivity index (χ1v) is 8.84. The van der Waals surface area contributed by atoms with Gasteiger partial charge >= 0.3 is 0 Å². The summed E-state index contributed by atoms with van der Waals surface area (Å²) in [5.41, 5.74) is 1.74. The van der Waals surface area contributed by atoms with Crippen molar-refractivity contribution in [3.8, 4) is 0 Å². The van der Waals surface area contributed by atoms with Crippen LogP contribution in [-0.4, -0.2) is 33.7 Å². The van der Waals surface area contributed by atoms with Crippen LogP contribution < -0.4 is 5.32 Å². The quantitative estimate of drug-likeness (QED) is 0.899. The topological polar surface area (TPSA) is 75.2 Å². The molecule has 0 aliphatic carbocycles. The van der Waals surface area contributed by atoms with Gasteiger partial charge in [-0.1, -0.05) is 13.0 Å². The van der Waals surface area contributed by atoms with E-state index in [4.69, 9.17) is 0 Å². The van der Waals surface area contributed by atoms with Gasteiger partial charge in [-0.25, -0.2) is 4.98 Å². The third kappa shape index (κ3) is 3.31. The van der Waals surface area contributed by atoms with E-state index >= 15 is 0 Å². The Morgan fingerprint density at radius 3 is 3.00 bits per heavy atom. The lowest BCUT2D eigenvalue weighted by molar-refractivity contribution is -0.128. The van der Waals surface area contributed by atoms with Crippen LogP contribution in [0.5, 0.6) is 0 Å². The second-order valence-electron chi connectivity index (χ2n) is 5.85. The van der Waals surface area contributed by atoms with Crippen LogP contribution in [0.25, 0.3) is 0 Å². The third-order valence-electron chi connectivity index (χ3n) is 4.29. The summed E-state index contributed by atoms with van der Waals surface area (Å²) in [4.78, 5) is 34.9. The van der Waals surface area contributed by atoms with Crippen LogP contribution in [0.4, 0.5) is 0 Å². The Bertz CT molecular complexity index is 731. The van der Waals surface area contributed by atoms with Crippen LogP contribution >= 0.6 is 11.3 Å². The Morgan fingerprint density at radius 1 is 1.50 bits per heavy atom. The predicted molar refractivity (Wildman–Crippen MR) is 91.2 cm³/mol. The molecular formula is C17H20N4O2S. The van der Waals surface area contributed by atoms with E-state index in [1.54, 1.807) is 35.7 Å². The van der Waals surface area contributed by atoms with Crippen LogP contribution in [-0.2, 0) is 22.6 Å². The average molecular weight is 344 g/mol. The van der Waals surface area contributed by atoms with Gasteiger partial charge in [0.25, 0.3) is 0 Å². The van der Waals surface area contributed by atoms with Gasteiger partial charge in [0.15, 0.2) is 0 Å². The summed E-state index contributed by atoms with van der Waals surface area (Å²) in [5.74, 6) is -0.547. The van der Waals surface area contributed by atoms with Crippen molar-refractivity contribution in [3.63, 3.8) is 0 Å². The Hall–Kier alpha value is -2.28. The van der Waals surface area contributed by atoms with Gasteiger partial charge in [-0.3, -0.25) is 14.6 Å². The summed E-state index contributed by atoms with van der Waals surface area (Å²) in [6, 6.07) is 3.46. The molecule has 2 aromatic rings. The van der Waals surface area contributed by atoms with Crippen molar-refractivity contribution >= 4 is 23.2 Å². The highest BCUT2D eigenvalue weighted by molar-refractivity contribution is 7.09.